The first-order chi connectivity index (χ1) is 8.22. The Morgan fingerprint density at radius 1 is 1.47 bits per heavy atom. The highest BCUT2D eigenvalue weighted by molar-refractivity contribution is 6.00. The highest BCUT2D eigenvalue weighted by Gasteiger charge is 2.19. The van der Waals surface area contributed by atoms with Crippen LogP contribution in [0.25, 0.3) is 0 Å². The molecule has 1 heterocycles. The molecule has 0 atom stereocenters. The van der Waals surface area contributed by atoms with E-state index in [2.05, 4.69) is 5.32 Å². The van der Waals surface area contributed by atoms with Crippen molar-refractivity contribution < 1.29 is 14.6 Å². The van der Waals surface area contributed by atoms with Crippen LogP contribution in [0.3, 0.4) is 0 Å². The second kappa shape index (κ2) is 5.19. The number of ether oxygens (including phenoxy) is 1. The maximum absolute atomic E-state index is 11.7. The number of Topliss-reactive ketones (excluding diaryl/α,β-unsaturated/α-hetero) is 1. The van der Waals surface area contributed by atoms with E-state index in [0.29, 0.717) is 37.3 Å². The first-order valence-corrected chi connectivity index (χ1v) is 5.87. The van der Waals surface area contributed by atoms with E-state index in [4.69, 9.17) is 9.84 Å². The summed E-state index contributed by atoms with van der Waals surface area (Å²) in [6, 6.07) is 3.75. The highest BCUT2D eigenvalue weighted by Crippen LogP contribution is 2.30. The zero-order chi connectivity index (χ0) is 12.3. The van der Waals surface area contributed by atoms with Gasteiger partial charge in [-0.15, -0.1) is 0 Å². The fourth-order valence-electron chi connectivity index (χ4n) is 1.91. The molecule has 1 aliphatic heterocycles. The van der Waals surface area contributed by atoms with E-state index < -0.39 is 0 Å². The molecule has 4 heteroatoms. The Bertz CT molecular complexity index is 429. The molecule has 17 heavy (non-hydrogen) atoms. The molecule has 0 aromatic heterocycles. The number of nitrogens with one attached hydrogen (secondary N) is 1. The molecule has 4 nitrogen and oxygen atoms in total. The van der Waals surface area contributed by atoms with Crippen LogP contribution in [-0.2, 0) is 0 Å². The van der Waals surface area contributed by atoms with E-state index in [1.54, 1.807) is 0 Å². The van der Waals surface area contributed by atoms with Gasteiger partial charge in [0.1, 0.15) is 5.75 Å². The fraction of sp³-hybridized carbons (Fsp3) is 0.462. The summed E-state index contributed by atoms with van der Waals surface area (Å²) in [5, 5.41) is 12.0. The van der Waals surface area contributed by atoms with E-state index in [9.17, 15) is 4.79 Å². The van der Waals surface area contributed by atoms with E-state index in [0.717, 1.165) is 11.3 Å². The van der Waals surface area contributed by atoms with Crippen molar-refractivity contribution in [2.45, 2.75) is 19.8 Å². The molecule has 2 N–H and O–H groups in total. The number of aliphatic hydroxyl groups is 1. The molecule has 0 saturated heterocycles. The number of fused-ring (bicyclic) bond motifs is 1. The monoisotopic (exact) mass is 235 g/mol. The molecule has 0 bridgehead atoms. The maximum atomic E-state index is 11.7. The Balaban J connectivity index is 2.21. The van der Waals surface area contributed by atoms with Gasteiger partial charge in [-0.25, -0.2) is 0 Å². The van der Waals surface area contributed by atoms with Crippen LogP contribution in [0.1, 0.15) is 28.8 Å². The van der Waals surface area contributed by atoms with Gasteiger partial charge in [-0.1, -0.05) is 0 Å². The Kier molecular flexibility index (Phi) is 3.64. The predicted molar refractivity (Wildman–Crippen MR) is 65.8 cm³/mol. The largest absolute Gasteiger partial charge is 0.492 e. The molecule has 2 rings (SSSR count). The van der Waals surface area contributed by atoms with Crippen molar-refractivity contribution in [1.82, 2.24) is 0 Å². The Hall–Kier alpha value is -1.55. The second-order valence-corrected chi connectivity index (χ2v) is 4.19. The molecule has 0 unspecified atom stereocenters. The van der Waals surface area contributed by atoms with Gasteiger partial charge >= 0.3 is 0 Å². The Morgan fingerprint density at radius 3 is 3.06 bits per heavy atom. The number of hydrogen-bond acceptors (Lipinski definition) is 4. The van der Waals surface area contributed by atoms with Gasteiger partial charge in [0.25, 0.3) is 0 Å². The van der Waals surface area contributed by atoms with E-state index in [1.165, 1.54) is 0 Å². The van der Waals surface area contributed by atoms with Crippen molar-refractivity contribution in [3.8, 4) is 5.75 Å². The topological polar surface area (TPSA) is 58.6 Å². The molecule has 1 aliphatic rings. The summed E-state index contributed by atoms with van der Waals surface area (Å²) in [5.74, 6) is 0.814. The van der Waals surface area contributed by atoms with Crippen LogP contribution >= 0.6 is 0 Å². The van der Waals surface area contributed by atoms with Gasteiger partial charge in [0.15, 0.2) is 5.78 Å². The average molecular weight is 235 g/mol. The summed E-state index contributed by atoms with van der Waals surface area (Å²) in [4.78, 5) is 11.7. The minimum Gasteiger partial charge on any atom is -0.492 e. The number of aryl methyl sites for hydroxylation is 1. The van der Waals surface area contributed by atoms with E-state index in [1.807, 2.05) is 19.1 Å². The first-order valence-electron chi connectivity index (χ1n) is 5.87. The van der Waals surface area contributed by atoms with E-state index >= 15 is 0 Å². The zero-order valence-electron chi connectivity index (χ0n) is 9.95. The third kappa shape index (κ3) is 2.58. The Morgan fingerprint density at radius 2 is 2.29 bits per heavy atom. The fourth-order valence-corrected chi connectivity index (χ4v) is 1.91. The third-order valence-electron chi connectivity index (χ3n) is 2.86. The normalized spacial score (nSPS) is 14.1. The molecule has 1 aromatic carbocycles. The van der Waals surface area contributed by atoms with Crippen molar-refractivity contribution in [3.05, 3.63) is 23.3 Å². The number of benzene rings is 1. The van der Waals surface area contributed by atoms with Crippen molar-refractivity contribution in [1.29, 1.82) is 0 Å². The van der Waals surface area contributed by atoms with Crippen LogP contribution in [0.4, 0.5) is 5.69 Å². The lowest BCUT2D eigenvalue weighted by Crippen LogP contribution is -2.16. The zero-order valence-corrected chi connectivity index (χ0v) is 9.95. The third-order valence-corrected chi connectivity index (χ3v) is 2.86. The molecule has 0 aliphatic carbocycles. The predicted octanol–water partition coefficient (Wildman–Crippen LogP) is 1.75. The molecular weight excluding hydrogens is 218 g/mol. The van der Waals surface area contributed by atoms with Gasteiger partial charge in [0.2, 0.25) is 0 Å². The lowest BCUT2D eigenvalue weighted by Gasteiger charge is -2.19. The van der Waals surface area contributed by atoms with Crippen LogP contribution in [0, 0.1) is 6.92 Å². The molecule has 0 amide bonds. The first kappa shape index (κ1) is 11.9. The van der Waals surface area contributed by atoms with Crippen molar-refractivity contribution in [2.75, 3.05) is 25.1 Å². The van der Waals surface area contributed by atoms with Crippen LogP contribution in [0.15, 0.2) is 12.1 Å². The number of rotatable bonds is 4. The Labute approximate surface area is 101 Å². The van der Waals surface area contributed by atoms with Gasteiger partial charge in [-0.2, -0.15) is 0 Å². The van der Waals surface area contributed by atoms with Crippen LogP contribution in [0.2, 0.25) is 0 Å². The molecule has 0 spiro atoms. The summed E-state index contributed by atoms with van der Waals surface area (Å²) in [7, 11) is 0. The van der Waals surface area contributed by atoms with Gasteiger partial charge < -0.3 is 15.2 Å². The number of hydrogen-bond donors (Lipinski definition) is 2. The SMILES string of the molecule is Cc1cc2c(cc1NCCCO)OCCC2=O. The lowest BCUT2D eigenvalue weighted by atomic mass is 10.0. The molecule has 92 valence electrons. The van der Waals surface area contributed by atoms with Crippen LogP contribution in [0.5, 0.6) is 5.75 Å². The van der Waals surface area contributed by atoms with Crippen molar-refractivity contribution in [2.24, 2.45) is 0 Å². The minimum atomic E-state index is 0.149. The minimum absolute atomic E-state index is 0.149. The number of anilines is 1. The smallest absolute Gasteiger partial charge is 0.170 e. The van der Waals surface area contributed by atoms with Crippen LogP contribution < -0.4 is 10.1 Å². The summed E-state index contributed by atoms with van der Waals surface area (Å²) >= 11 is 0. The van der Waals surface area contributed by atoms with E-state index in [-0.39, 0.29) is 12.4 Å². The lowest BCUT2D eigenvalue weighted by molar-refractivity contribution is 0.0933. The number of aliphatic hydroxyl groups excluding tert-OH is 1. The van der Waals surface area contributed by atoms with Crippen molar-refractivity contribution >= 4 is 11.5 Å². The van der Waals surface area contributed by atoms with Gasteiger partial charge in [-0.05, 0) is 25.0 Å². The number of carbonyl (C=O) groups is 1. The molecular formula is C13H17NO3. The van der Waals surface area contributed by atoms with Gasteiger partial charge in [-0.3, -0.25) is 4.79 Å². The maximum Gasteiger partial charge on any atom is 0.170 e. The standard InChI is InChI=1S/C13H17NO3/c1-9-7-10-12(16)3-6-17-13(10)8-11(9)14-4-2-5-15/h7-8,14-15H,2-6H2,1H3. The molecule has 0 fully saturated rings. The summed E-state index contributed by atoms with van der Waals surface area (Å²) in [6.45, 7) is 3.31. The molecule has 0 radical (unpaired) electrons. The summed E-state index contributed by atoms with van der Waals surface area (Å²) in [5.41, 5.74) is 2.67. The number of ketones is 1. The van der Waals surface area contributed by atoms with Crippen molar-refractivity contribution in [3.63, 3.8) is 0 Å². The number of carbonyl (C=O) groups excluding carboxylic acids is 1. The second-order valence-electron chi connectivity index (χ2n) is 4.19. The van der Waals surface area contributed by atoms with Gasteiger partial charge in [0, 0.05) is 31.3 Å². The quantitative estimate of drug-likeness (QED) is 0.781. The highest BCUT2D eigenvalue weighted by atomic mass is 16.5. The molecule has 0 saturated carbocycles. The molecule has 1 aromatic rings. The average Bonchev–Trinajstić information content (AvgIpc) is 2.31. The van der Waals surface area contributed by atoms with Gasteiger partial charge in [0.05, 0.1) is 12.2 Å². The van der Waals surface area contributed by atoms with Crippen LogP contribution in [-0.4, -0.2) is 30.6 Å². The summed E-state index contributed by atoms with van der Waals surface area (Å²) < 4.78 is 5.49. The summed E-state index contributed by atoms with van der Waals surface area (Å²) in [6.07, 6.45) is 1.17.